The lowest BCUT2D eigenvalue weighted by atomic mass is 9.97. The van der Waals surface area contributed by atoms with Gasteiger partial charge in [0.1, 0.15) is 48.8 Å². The van der Waals surface area contributed by atoms with Gasteiger partial charge in [0.15, 0.2) is 12.6 Å². The molecule has 2 saturated heterocycles. The van der Waals surface area contributed by atoms with Crippen LogP contribution in [-0.2, 0) is 23.7 Å². The maximum atomic E-state index is 13.2. The number of aliphatic hydroxyl groups excluding tert-OH is 8. The number of hydrogen-bond acceptors (Lipinski definition) is 13. The molecule has 2 aliphatic heterocycles. The van der Waals surface area contributed by atoms with Crippen molar-refractivity contribution in [2.45, 2.75) is 280 Å². The largest absolute Gasteiger partial charge is 0.394 e. The molecule has 14 heteroatoms. The van der Waals surface area contributed by atoms with E-state index in [1.54, 1.807) is 6.08 Å². The van der Waals surface area contributed by atoms with Crippen LogP contribution in [0, 0.1) is 0 Å². The number of aliphatic hydroxyl groups is 8. The standard InChI is InChI=1S/C50H95NO13/c1-3-5-7-9-11-13-15-16-17-18-19-20-21-22-24-26-28-30-32-34-42(55)51-38(39(54)33-31-29-27-25-23-14-12-10-8-6-4-2)37-61-49-47(60)45(58)48(41(36-53)63-49)64-50-46(59)44(57)43(56)40(35-52)62-50/h31,33,38-41,43-50,52-54,56-60H,3-30,32,34-37H2,1-2H3,(H,51,55)/b33-31+/t38-,39+,40+,41+,43-,44?,45?,46?,47?,48+,49+,50-/m0/s1. The molecule has 2 aliphatic rings. The number of hydrogen-bond donors (Lipinski definition) is 9. The quantitative estimate of drug-likeness (QED) is 0.0229. The summed E-state index contributed by atoms with van der Waals surface area (Å²) in [5.74, 6) is -0.238. The van der Waals surface area contributed by atoms with Crippen LogP contribution in [0.25, 0.3) is 0 Å². The monoisotopic (exact) mass is 918 g/mol. The minimum absolute atomic E-state index is 0.238. The number of ether oxygens (including phenoxy) is 4. The van der Waals surface area contributed by atoms with Crippen LogP contribution < -0.4 is 5.32 Å². The Hall–Kier alpha value is -1.27. The SMILES string of the molecule is CCCCCCCCCCC/C=C/[C@@H](O)[C@H](CO[C@@H]1O[C@H](CO)[C@@H](O[C@@H]2O[C@H](CO)[C@H](O)C(O)C2O)C(O)C1O)NC(=O)CCCCCCCCCCCCCCCCCCCCC. The van der Waals surface area contributed by atoms with Crippen molar-refractivity contribution < 1.29 is 64.6 Å². The summed E-state index contributed by atoms with van der Waals surface area (Å²) in [6.07, 6.45) is 22.6. The molecule has 1 amide bonds. The summed E-state index contributed by atoms with van der Waals surface area (Å²) < 4.78 is 22.7. The smallest absolute Gasteiger partial charge is 0.220 e. The Labute approximate surface area is 386 Å². The van der Waals surface area contributed by atoms with Gasteiger partial charge in [-0.25, -0.2) is 0 Å². The first-order chi connectivity index (χ1) is 31.1. The first-order valence-electron chi connectivity index (χ1n) is 25.9. The topological polar surface area (TPSA) is 228 Å². The molecule has 9 N–H and O–H groups in total. The van der Waals surface area contributed by atoms with Crippen molar-refractivity contribution >= 4 is 5.91 Å². The Morgan fingerprint density at radius 2 is 0.969 bits per heavy atom. The number of unbranched alkanes of at least 4 members (excludes halogenated alkanes) is 27. The third-order valence-electron chi connectivity index (χ3n) is 13.0. The molecule has 0 saturated carbocycles. The fraction of sp³-hybridized carbons (Fsp3) is 0.940. The molecular formula is C50H95NO13. The molecule has 0 aromatic rings. The summed E-state index contributed by atoms with van der Waals surface area (Å²) in [7, 11) is 0. The minimum atomic E-state index is -1.78. The number of allylic oxidation sites excluding steroid dienone is 1. The number of nitrogens with one attached hydrogen (secondary N) is 1. The maximum Gasteiger partial charge on any atom is 0.220 e. The van der Waals surface area contributed by atoms with Gasteiger partial charge in [0.25, 0.3) is 0 Å². The number of rotatable bonds is 40. The normalized spacial score (nSPS) is 27.3. The van der Waals surface area contributed by atoms with Gasteiger partial charge in [-0.05, 0) is 19.3 Å². The summed E-state index contributed by atoms with van der Waals surface area (Å²) >= 11 is 0. The molecule has 12 atom stereocenters. The van der Waals surface area contributed by atoms with Crippen molar-refractivity contribution in [2.24, 2.45) is 0 Å². The highest BCUT2D eigenvalue weighted by Crippen LogP contribution is 2.30. The summed E-state index contributed by atoms with van der Waals surface area (Å²) in [5.41, 5.74) is 0. The summed E-state index contributed by atoms with van der Waals surface area (Å²) in [4.78, 5) is 13.2. The highest BCUT2D eigenvalue weighted by atomic mass is 16.7. The number of amides is 1. The second-order valence-electron chi connectivity index (χ2n) is 18.7. The Kier molecular flexibility index (Phi) is 34.7. The molecule has 64 heavy (non-hydrogen) atoms. The van der Waals surface area contributed by atoms with E-state index in [0.717, 1.165) is 38.5 Å². The van der Waals surface area contributed by atoms with Crippen molar-refractivity contribution in [3.8, 4) is 0 Å². The van der Waals surface area contributed by atoms with Crippen molar-refractivity contribution in [1.29, 1.82) is 0 Å². The molecule has 2 fully saturated rings. The third kappa shape index (κ3) is 24.7. The minimum Gasteiger partial charge on any atom is -0.394 e. The van der Waals surface area contributed by atoms with Gasteiger partial charge in [-0.15, -0.1) is 0 Å². The molecule has 0 aromatic heterocycles. The van der Waals surface area contributed by atoms with Crippen LogP contribution in [0.2, 0.25) is 0 Å². The summed E-state index contributed by atoms with van der Waals surface area (Å²) in [6, 6.07) is -0.907. The van der Waals surface area contributed by atoms with Gasteiger partial charge in [-0.1, -0.05) is 193 Å². The van der Waals surface area contributed by atoms with Crippen LogP contribution >= 0.6 is 0 Å². The lowest BCUT2D eigenvalue weighted by Gasteiger charge is -2.46. The van der Waals surface area contributed by atoms with E-state index in [4.69, 9.17) is 18.9 Å². The molecule has 0 radical (unpaired) electrons. The van der Waals surface area contributed by atoms with Gasteiger partial charge >= 0.3 is 0 Å². The first-order valence-corrected chi connectivity index (χ1v) is 25.9. The summed E-state index contributed by atoms with van der Waals surface area (Å²) in [6.45, 7) is 2.78. The second kappa shape index (κ2) is 37.7. The zero-order chi connectivity index (χ0) is 46.8. The lowest BCUT2D eigenvalue weighted by Crippen LogP contribution is -2.65. The molecular weight excluding hydrogens is 823 g/mol. The summed E-state index contributed by atoms with van der Waals surface area (Å²) in [5, 5.41) is 86.6. The average molecular weight is 918 g/mol. The van der Waals surface area contributed by atoms with Crippen molar-refractivity contribution in [2.75, 3.05) is 19.8 Å². The Bertz CT molecular complexity index is 1130. The van der Waals surface area contributed by atoms with Crippen LogP contribution in [0.5, 0.6) is 0 Å². The molecule has 0 aromatic carbocycles. The van der Waals surface area contributed by atoms with Gasteiger partial charge in [0.2, 0.25) is 5.91 Å². The molecule has 4 unspecified atom stereocenters. The fourth-order valence-corrected chi connectivity index (χ4v) is 8.70. The highest BCUT2D eigenvalue weighted by Gasteiger charge is 2.51. The molecule has 2 rings (SSSR count). The predicted octanol–water partition coefficient (Wildman–Crippen LogP) is 6.77. The van der Waals surface area contributed by atoms with Crippen LogP contribution in [0.4, 0.5) is 0 Å². The second-order valence-corrected chi connectivity index (χ2v) is 18.7. The zero-order valence-electron chi connectivity index (χ0n) is 40.0. The molecule has 2 heterocycles. The fourth-order valence-electron chi connectivity index (χ4n) is 8.70. The molecule has 0 spiro atoms. The van der Waals surface area contributed by atoms with E-state index < -0.39 is 86.8 Å². The Morgan fingerprint density at radius 3 is 1.44 bits per heavy atom. The van der Waals surface area contributed by atoms with Gasteiger partial charge in [0.05, 0.1) is 32.0 Å². The average Bonchev–Trinajstić information content (AvgIpc) is 3.29. The van der Waals surface area contributed by atoms with Crippen LogP contribution in [-0.4, -0.2) is 140 Å². The van der Waals surface area contributed by atoms with Crippen molar-refractivity contribution in [3.05, 3.63) is 12.2 Å². The maximum absolute atomic E-state index is 13.2. The van der Waals surface area contributed by atoms with Gasteiger partial charge < -0.3 is 65.1 Å². The van der Waals surface area contributed by atoms with E-state index in [2.05, 4.69) is 19.2 Å². The molecule has 0 aliphatic carbocycles. The lowest BCUT2D eigenvalue weighted by molar-refractivity contribution is -0.359. The third-order valence-corrected chi connectivity index (χ3v) is 13.0. The van der Waals surface area contributed by atoms with Crippen molar-refractivity contribution in [3.63, 3.8) is 0 Å². The van der Waals surface area contributed by atoms with Crippen LogP contribution in [0.3, 0.4) is 0 Å². The van der Waals surface area contributed by atoms with Crippen molar-refractivity contribution in [1.82, 2.24) is 5.32 Å². The predicted molar refractivity (Wildman–Crippen MR) is 249 cm³/mol. The van der Waals surface area contributed by atoms with E-state index in [0.29, 0.717) is 6.42 Å². The molecule has 14 nitrogen and oxygen atoms in total. The number of carbonyl (C=O) groups is 1. The van der Waals surface area contributed by atoms with E-state index in [-0.39, 0.29) is 18.9 Å². The first kappa shape index (κ1) is 58.9. The Morgan fingerprint density at radius 1 is 0.547 bits per heavy atom. The van der Waals surface area contributed by atoms with E-state index >= 15 is 0 Å². The zero-order valence-corrected chi connectivity index (χ0v) is 40.0. The van der Waals surface area contributed by atoms with Gasteiger partial charge in [0, 0.05) is 6.42 Å². The van der Waals surface area contributed by atoms with Crippen LogP contribution in [0.15, 0.2) is 12.2 Å². The molecule has 0 bridgehead atoms. The van der Waals surface area contributed by atoms with Gasteiger partial charge in [-0.3, -0.25) is 4.79 Å². The Balaban J connectivity index is 1.80. The van der Waals surface area contributed by atoms with Gasteiger partial charge in [-0.2, -0.15) is 0 Å². The van der Waals surface area contributed by atoms with E-state index in [1.807, 2.05) is 6.08 Å². The van der Waals surface area contributed by atoms with E-state index in [9.17, 15) is 45.6 Å². The van der Waals surface area contributed by atoms with Crippen LogP contribution in [0.1, 0.15) is 206 Å². The molecule has 378 valence electrons. The highest BCUT2D eigenvalue weighted by molar-refractivity contribution is 5.76. The van der Waals surface area contributed by atoms with E-state index in [1.165, 1.54) is 141 Å². The number of carbonyl (C=O) groups excluding carboxylic acids is 1.